The van der Waals surface area contributed by atoms with Crippen molar-refractivity contribution in [2.24, 2.45) is 0 Å². The van der Waals surface area contributed by atoms with Gasteiger partial charge in [0.2, 0.25) is 5.88 Å². The minimum atomic E-state index is 0.419. The second-order valence-electron chi connectivity index (χ2n) is 4.16. The first-order chi connectivity index (χ1) is 10.3. The molecule has 0 aromatic carbocycles. The largest absolute Gasteiger partial charge is 0.475 e. The molecule has 106 valence electrons. The summed E-state index contributed by atoms with van der Waals surface area (Å²) < 4.78 is 5.51. The van der Waals surface area contributed by atoms with Crippen molar-refractivity contribution in [2.75, 3.05) is 18.5 Å². The number of nitrogens with one attached hydrogen (secondary N) is 1. The molecule has 0 amide bonds. The van der Waals surface area contributed by atoms with Crippen LogP contribution in [-0.2, 0) is 0 Å². The average Bonchev–Trinajstić information content (AvgIpc) is 2.53. The van der Waals surface area contributed by atoms with E-state index in [0.29, 0.717) is 29.7 Å². The summed E-state index contributed by atoms with van der Waals surface area (Å²) in [6, 6.07) is 7.26. The fraction of sp³-hybridized carbons (Fsp3) is 0.143. The predicted octanol–water partition coefficient (Wildman–Crippen LogP) is 2.56. The zero-order chi connectivity index (χ0) is 14.5. The van der Waals surface area contributed by atoms with Crippen molar-refractivity contribution in [3.63, 3.8) is 0 Å². The van der Waals surface area contributed by atoms with Crippen molar-refractivity contribution in [3.8, 4) is 5.88 Å². The van der Waals surface area contributed by atoms with Crippen molar-refractivity contribution in [2.45, 2.75) is 0 Å². The second-order valence-corrected chi connectivity index (χ2v) is 4.57. The van der Waals surface area contributed by atoms with E-state index >= 15 is 0 Å². The highest BCUT2D eigenvalue weighted by molar-refractivity contribution is 6.31. The Morgan fingerprint density at radius 2 is 1.90 bits per heavy atom. The summed E-state index contributed by atoms with van der Waals surface area (Å²) in [5.41, 5.74) is 0.656. The first kappa shape index (κ1) is 13.5. The van der Waals surface area contributed by atoms with Gasteiger partial charge in [-0.05, 0) is 24.3 Å². The highest BCUT2D eigenvalue weighted by atomic mass is 35.5. The van der Waals surface area contributed by atoms with Gasteiger partial charge in [0.05, 0.1) is 11.9 Å². The van der Waals surface area contributed by atoms with Crippen LogP contribution in [0.4, 0.5) is 5.82 Å². The lowest BCUT2D eigenvalue weighted by Gasteiger charge is -2.09. The molecule has 6 nitrogen and oxygen atoms in total. The molecule has 0 radical (unpaired) electrons. The molecule has 0 bridgehead atoms. The van der Waals surface area contributed by atoms with Gasteiger partial charge >= 0.3 is 0 Å². The van der Waals surface area contributed by atoms with Crippen LogP contribution in [0, 0.1) is 0 Å². The maximum atomic E-state index is 5.96. The fourth-order valence-electron chi connectivity index (χ4n) is 1.83. The van der Waals surface area contributed by atoms with E-state index in [9.17, 15) is 0 Å². The van der Waals surface area contributed by atoms with Gasteiger partial charge in [-0.1, -0.05) is 11.6 Å². The molecule has 0 saturated heterocycles. The van der Waals surface area contributed by atoms with Crippen LogP contribution in [0.1, 0.15) is 0 Å². The predicted molar refractivity (Wildman–Crippen MR) is 80.6 cm³/mol. The summed E-state index contributed by atoms with van der Waals surface area (Å²) in [6.45, 7) is 0.983. The topological polar surface area (TPSA) is 72.8 Å². The molecule has 3 heterocycles. The number of ether oxygens (including phenoxy) is 1. The highest BCUT2D eigenvalue weighted by Gasteiger charge is 2.04. The monoisotopic (exact) mass is 301 g/mol. The van der Waals surface area contributed by atoms with E-state index in [1.807, 2.05) is 12.1 Å². The van der Waals surface area contributed by atoms with E-state index in [1.165, 1.54) is 6.33 Å². The van der Waals surface area contributed by atoms with Gasteiger partial charge in [-0.2, -0.15) is 0 Å². The number of rotatable bonds is 5. The zero-order valence-corrected chi connectivity index (χ0v) is 11.8. The molecule has 0 fully saturated rings. The van der Waals surface area contributed by atoms with E-state index in [4.69, 9.17) is 16.3 Å². The molecule has 0 atom stereocenters. The van der Waals surface area contributed by atoms with E-state index in [0.717, 1.165) is 11.2 Å². The van der Waals surface area contributed by atoms with Crippen LogP contribution in [0.5, 0.6) is 5.88 Å². The maximum Gasteiger partial charge on any atom is 0.232 e. The minimum absolute atomic E-state index is 0.419. The van der Waals surface area contributed by atoms with Gasteiger partial charge in [-0.15, -0.1) is 0 Å². The quantitative estimate of drug-likeness (QED) is 0.730. The SMILES string of the molecule is Clc1cccnc1OCCNc1ncnc2ncccc12. The summed E-state index contributed by atoms with van der Waals surface area (Å²) in [7, 11) is 0. The molecule has 0 unspecified atom stereocenters. The average molecular weight is 302 g/mol. The minimum Gasteiger partial charge on any atom is -0.475 e. The lowest BCUT2D eigenvalue weighted by molar-refractivity contribution is 0.320. The fourth-order valence-corrected chi connectivity index (χ4v) is 2.01. The number of nitrogens with zero attached hydrogens (tertiary/aromatic N) is 4. The summed E-state index contributed by atoms with van der Waals surface area (Å²) in [5, 5.41) is 4.56. The highest BCUT2D eigenvalue weighted by Crippen LogP contribution is 2.20. The van der Waals surface area contributed by atoms with E-state index in [1.54, 1.807) is 24.5 Å². The molecule has 0 spiro atoms. The van der Waals surface area contributed by atoms with Crippen molar-refractivity contribution < 1.29 is 4.74 Å². The third-order valence-electron chi connectivity index (χ3n) is 2.77. The van der Waals surface area contributed by atoms with Crippen LogP contribution in [0.2, 0.25) is 5.02 Å². The molecule has 3 rings (SSSR count). The Bertz CT molecular complexity index is 747. The maximum absolute atomic E-state index is 5.96. The van der Waals surface area contributed by atoms with Crippen molar-refractivity contribution >= 4 is 28.5 Å². The van der Waals surface area contributed by atoms with E-state index in [-0.39, 0.29) is 0 Å². The van der Waals surface area contributed by atoms with Crippen LogP contribution >= 0.6 is 11.6 Å². The lowest BCUT2D eigenvalue weighted by atomic mass is 10.3. The number of halogens is 1. The third-order valence-corrected chi connectivity index (χ3v) is 3.05. The normalized spacial score (nSPS) is 10.5. The second kappa shape index (κ2) is 6.32. The van der Waals surface area contributed by atoms with Gasteiger partial charge in [-0.25, -0.2) is 19.9 Å². The third kappa shape index (κ3) is 3.17. The van der Waals surface area contributed by atoms with Crippen molar-refractivity contribution in [1.82, 2.24) is 19.9 Å². The van der Waals surface area contributed by atoms with Crippen molar-refractivity contribution in [3.05, 3.63) is 48.0 Å². The Morgan fingerprint density at radius 1 is 1.05 bits per heavy atom. The van der Waals surface area contributed by atoms with Gasteiger partial charge in [0, 0.05) is 12.4 Å². The molecule has 3 aromatic rings. The van der Waals surface area contributed by atoms with Crippen LogP contribution < -0.4 is 10.1 Å². The number of hydrogen-bond acceptors (Lipinski definition) is 6. The van der Waals surface area contributed by atoms with Gasteiger partial charge in [0.1, 0.15) is 23.8 Å². The van der Waals surface area contributed by atoms with Crippen LogP contribution in [0.3, 0.4) is 0 Å². The number of anilines is 1. The van der Waals surface area contributed by atoms with Crippen LogP contribution in [-0.4, -0.2) is 33.1 Å². The number of aromatic nitrogens is 4. The van der Waals surface area contributed by atoms with E-state index < -0.39 is 0 Å². The Hall–Kier alpha value is -2.47. The van der Waals surface area contributed by atoms with Crippen LogP contribution in [0.15, 0.2) is 43.0 Å². The van der Waals surface area contributed by atoms with E-state index in [2.05, 4.69) is 25.3 Å². The Balaban J connectivity index is 1.61. The smallest absolute Gasteiger partial charge is 0.232 e. The zero-order valence-electron chi connectivity index (χ0n) is 11.0. The van der Waals surface area contributed by atoms with Crippen LogP contribution in [0.25, 0.3) is 11.0 Å². The molecule has 0 saturated carbocycles. The molecule has 0 aliphatic rings. The van der Waals surface area contributed by atoms with Gasteiger partial charge in [-0.3, -0.25) is 0 Å². The molecule has 7 heteroatoms. The summed E-state index contributed by atoms with van der Waals surface area (Å²) in [4.78, 5) is 16.6. The van der Waals surface area contributed by atoms with Gasteiger partial charge < -0.3 is 10.1 Å². The molecular formula is C14H12ClN5O. The summed E-state index contributed by atoms with van der Waals surface area (Å²) in [6.07, 6.45) is 4.82. The molecule has 3 aromatic heterocycles. The number of fused-ring (bicyclic) bond motifs is 1. The molecular weight excluding hydrogens is 290 g/mol. The molecule has 0 aliphatic carbocycles. The standard InChI is InChI=1S/C14H12ClN5O/c15-11-4-2-6-18-14(11)21-8-7-17-13-10-3-1-5-16-12(10)19-9-20-13/h1-6,9H,7-8H2,(H,16,17,19,20). The summed E-state index contributed by atoms with van der Waals surface area (Å²) in [5.74, 6) is 1.15. The molecule has 0 aliphatic heterocycles. The van der Waals surface area contributed by atoms with Gasteiger partial charge in [0.15, 0.2) is 5.65 Å². The number of hydrogen-bond donors (Lipinski definition) is 1. The lowest BCUT2D eigenvalue weighted by Crippen LogP contribution is -2.13. The molecule has 1 N–H and O–H groups in total. The Morgan fingerprint density at radius 3 is 2.81 bits per heavy atom. The first-order valence-electron chi connectivity index (χ1n) is 6.37. The summed E-state index contributed by atoms with van der Waals surface area (Å²) >= 11 is 5.96. The first-order valence-corrected chi connectivity index (χ1v) is 6.75. The Kier molecular flexibility index (Phi) is 4.07. The Labute approximate surface area is 126 Å². The van der Waals surface area contributed by atoms with Gasteiger partial charge in [0.25, 0.3) is 0 Å². The molecule has 21 heavy (non-hydrogen) atoms. The number of pyridine rings is 2. The van der Waals surface area contributed by atoms with Crippen molar-refractivity contribution in [1.29, 1.82) is 0 Å².